The highest BCUT2D eigenvalue weighted by Gasteiger charge is 1.78. The van der Waals surface area contributed by atoms with Gasteiger partial charge in [-0.1, -0.05) is 0 Å². The molecule has 0 aliphatic rings. The van der Waals surface area contributed by atoms with Gasteiger partial charge in [-0.2, -0.15) is 8.42 Å². The fraction of sp³-hybridized carbons (Fsp3) is 0. The van der Waals surface area contributed by atoms with E-state index in [1.54, 1.807) is 0 Å². The van der Waals surface area contributed by atoms with Crippen LogP contribution in [-0.2, 0) is 10.2 Å². The molecule has 5 N–H and O–H groups in total. The third kappa shape index (κ3) is 1220. The first kappa shape index (κ1) is 10.3. The van der Waals surface area contributed by atoms with E-state index in [0.717, 1.165) is 0 Å². The molecule has 0 aromatic carbocycles. The van der Waals surface area contributed by atoms with Crippen molar-refractivity contribution in [2.75, 3.05) is 0 Å². The van der Waals surface area contributed by atoms with Crippen LogP contribution in [0.5, 0.6) is 0 Å². The predicted molar refractivity (Wildman–Crippen MR) is 28.4 cm³/mol. The molecule has 0 radical (unpaired) electrons. The Labute approximate surface area is 49.9 Å². The van der Waals surface area contributed by atoms with Crippen molar-refractivity contribution in [2.24, 2.45) is 10.3 Å². The minimum atomic E-state index is -3.67. The lowest BCUT2D eigenvalue weighted by atomic mass is 13.9. The van der Waals surface area contributed by atoms with E-state index in [0.29, 0.717) is 0 Å². The van der Waals surface area contributed by atoms with Crippen LogP contribution in [0.25, 0.3) is 0 Å². The fourth-order valence-corrected chi connectivity index (χ4v) is 0. The van der Waals surface area contributed by atoms with E-state index < -0.39 is 10.2 Å². The quantitative estimate of drug-likeness (QED) is 0.432. The molecule has 0 saturated carbocycles. The van der Waals surface area contributed by atoms with Crippen LogP contribution in [0.2, 0.25) is 0 Å². The van der Waals surface area contributed by atoms with Gasteiger partial charge in [-0.05, 0) is 0 Å². The van der Waals surface area contributed by atoms with Gasteiger partial charge < -0.3 is 4.20 Å². The van der Waals surface area contributed by atoms with Crippen molar-refractivity contribution >= 4 is 26.5 Å². The summed E-state index contributed by atoms with van der Waals surface area (Å²) in [5.41, 5.74) is 0. The minimum Gasteiger partial charge on any atom is -0.324 e. The summed E-state index contributed by atoms with van der Waals surface area (Å²) in [6.07, 6.45) is 0. The van der Waals surface area contributed by atoms with Crippen LogP contribution in [0.3, 0.4) is 0 Å². The van der Waals surface area contributed by atoms with E-state index in [4.69, 9.17) is 4.20 Å². The van der Waals surface area contributed by atoms with Crippen molar-refractivity contribution < 1.29 is 12.6 Å². The molecule has 0 rings (SSSR count). The maximum Gasteiger partial charge on any atom is 0.271 e. The van der Waals surface area contributed by atoms with Gasteiger partial charge in [0.05, 0.1) is 16.3 Å². The number of hydrogen-bond donors (Lipinski definition) is 3. The Kier molecular flexibility index (Phi) is 6.59. The standard InChI is InChI=1S/BrHO.H4N2O2S/c1-2;1-5(2,3)4/h2H;(H4,1,2,3,4). The highest BCUT2D eigenvalue weighted by atomic mass is 79.9. The third-order valence-electron chi connectivity index (χ3n) is 0. The molecule has 7 heavy (non-hydrogen) atoms. The Hall–Kier alpha value is 0.310. The van der Waals surface area contributed by atoms with Gasteiger partial charge in [-0.15, -0.1) is 0 Å². The molecule has 0 aliphatic heterocycles. The number of halogens is 1. The van der Waals surface area contributed by atoms with Crippen LogP contribution in [0.15, 0.2) is 0 Å². The predicted octanol–water partition coefficient (Wildman–Crippen LogP) is -1.56. The molecule has 0 fully saturated rings. The number of hydrogen-bond acceptors (Lipinski definition) is 3. The second kappa shape index (κ2) is 4.47. The zero-order chi connectivity index (χ0) is 6.50. The highest BCUT2D eigenvalue weighted by molar-refractivity contribution is 9.05. The monoisotopic (exact) mass is 192 g/mol. The Bertz CT molecular complexity index is 96.1. The first-order valence-corrected chi connectivity index (χ1v) is 3.29. The summed E-state index contributed by atoms with van der Waals surface area (Å²) in [7, 11) is -3.67. The smallest absolute Gasteiger partial charge is 0.271 e. The minimum absolute atomic E-state index is 1.94. The average molecular weight is 193 g/mol. The Morgan fingerprint density at radius 1 is 1.29 bits per heavy atom. The van der Waals surface area contributed by atoms with E-state index >= 15 is 0 Å². The van der Waals surface area contributed by atoms with Crippen molar-refractivity contribution in [3.8, 4) is 0 Å². The topological polar surface area (TPSA) is 106 Å². The molecular formula is H5BrN2O3S. The van der Waals surface area contributed by atoms with Gasteiger partial charge in [0.1, 0.15) is 0 Å². The molecule has 5 nitrogen and oxygen atoms in total. The number of nitrogens with two attached hydrogens (primary N) is 2. The Balaban J connectivity index is 0. The summed E-state index contributed by atoms with van der Waals surface area (Å²) < 4.78 is 25.2. The molecule has 0 aromatic heterocycles. The molecule has 0 aromatic rings. The molecule has 0 aliphatic carbocycles. The first-order chi connectivity index (χ1) is 3.00. The SMILES string of the molecule is NS(N)(=O)=O.OBr. The molecule has 0 saturated heterocycles. The zero-order valence-corrected chi connectivity index (χ0v) is 5.61. The summed E-state index contributed by atoms with van der Waals surface area (Å²) in [4.78, 5) is 0. The summed E-state index contributed by atoms with van der Waals surface area (Å²) in [6, 6.07) is 0. The molecule has 0 heterocycles. The normalized spacial score (nSPS) is 9.14. The Morgan fingerprint density at radius 2 is 1.29 bits per heavy atom. The van der Waals surface area contributed by atoms with E-state index in [9.17, 15) is 8.42 Å². The molecular weight excluding hydrogens is 188 g/mol. The molecule has 0 atom stereocenters. The second-order valence-electron chi connectivity index (χ2n) is 0.589. The van der Waals surface area contributed by atoms with Gasteiger partial charge in [0.25, 0.3) is 10.2 Å². The van der Waals surface area contributed by atoms with Crippen LogP contribution < -0.4 is 10.3 Å². The summed E-state index contributed by atoms with van der Waals surface area (Å²) >= 11 is 1.94. The molecule has 46 valence electrons. The molecule has 0 unspecified atom stereocenters. The molecule has 7 heteroatoms. The zero-order valence-electron chi connectivity index (χ0n) is 3.20. The largest absolute Gasteiger partial charge is 0.324 e. The first-order valence-electron chi connectivity index (χ1n) is 0.974. The highest BCUT2D eigenvalue weighted by Crippen LogP contribution is 1.43. The summed E-state index contributed by atoms with van der Waals surface area (Å²) in [6.45, 7) is 0. The van der Waals surface area contributed by atoms with Crippen LogP contribution in [0.4, 0.5) is 0 Å². The van der Waals surface area contributed by atoms with E-state index in [1.807, 2.05) is 16.3 Å². The summed E-state index contributed by atoms with van der Waals surface area (Å²) in [5, 5.41) is 8.21. The van der Waals surface area contributed by atoms with Crippen molar-refractivity contribution in [2.45, 2.75) is 0 Å². The van der Waals surface area contributed by atoms with Gasteiger partial charge >= 0.3 is 0 Å². The van der Waals surface area contributed by atoms with Crippen molar-refractivity contribution in [3.05, 3.63) is 0 Å². The van der Waals surface area contributed by atoms with Crippen molar-refractivity contribution in [1.29, 1.82) is 0 Å². The van der Waals surface area contributed by atoms with Gasteiger partial charge in [-0.25, -0.2) is 10.3 Å². The lowest BCUT2D eigenvalue weighted by Crippen LogP contribution is -2.21. The van der Waals surface area contributed by atoms with E-state index in [2.05, 4.69) is 10.3 Å². The van der Waals surface area contributed by atoms with E-state index in [1.165, 1.54) is 0 Å². The lowest BCUT2D eigenvalue weighted by molar-refractivity contribution is 0.599. The summed E-state index contributed by atoms with van der Waals surface area (Å²) in [5.74, 6) is 0. The number of rotatable bonds is 0. The fourth-order valence-electron chi connectivity index (χ4n) is 0. The van der Waals surface area contributed by atoms with Crippen molar-refractivity contribution in [1.82, 2.24) is 0 Å². The third-order valence-corrected chi connectivity index (χ3v) is 0. The van der Waals surface area contributed by atoms with Gasteiger partial charge in [0.2, 0.25) is 0 Å². The van der Waals surface area contributed by atoms with Crippen LogP contribution >= 0.6 is 16.3 Å². The van der Waals surface area contributed by atoms with Crippen LogP contribution in [0.1, 0.15) is 0 Å². The second-order valence-corrected chi connectivity index (χ2v) is 1.77. The molecule has 0 spiro atoms. The average Bonchev–Trinajstić information content (AvgIpc) is 1.36. The van der Waals surface area contributed by atoms with Gasteiger partial charge in [0, 0.05) is 0 Å². The maximum atomic E-state index is 9.19. The Morgan fingerprint density at radius 3 is 1.29 bits per heavy atom. The van der Waals surface area contributed by atoms with Crippen molar-refractivity contribution in [3.63, 3.8) is 0 Å². The molecule has 0 amide bonds. The van der Waals surface area contributed by atoms with Gasteiger partial charge in [-0.3, -0.25) is 0 Å². The van der Waals surface area contributed by atoms with Crippen LogP contribution in [0, 0.1) is 0 Å². The van der Waals surface area contributed by atoms with Gasteiger partial charge in [0.15, 0.2) is 0 Å². The maximum absolute atomic E-state index is 9.19. The van der Waals surface area contributed by atoms with E-state index in [-0.39, 0.29) is 0 Å². The van der Waals surface area contributed by atoms with Crippen LogP contribution in [-0.4, -0.2) is 12.6 Å². The lowest BCUT2D eigenvalue weighted by Gasteiger charge is -1.72. The molecule has 0 bridgehead atoms.